The molecule has 1 fully saturated rings. The fraction of sp³-hybridized carbons (Fsp3) is 0.357. The van der Waals surface area contributed by atoms with Gasteiger partial charge in [-0.1, -0.05) is 11.6 Å². The number of hydrogen-bond acceptors (Lipinski definition) is 3. The second kappa shape index (κ2) is 4.46. The number of anilines is 1. The van der Waals surface area contributed by atoms with Crippen LogP contribution in [0.3, 0.4) is 0 Å². The van der Waals surface area contributed by atoms with Crippen LogP contribution in [0.25, 0.3) is 10.8 Å². The van der Waals surface area contributed by atoms with Gasteiger partial charge in [0.1, 0.15) is 0 Å². The Morgan fingerprint density at radius 2 is 2.16 bits per heavy atom. The number of benzene rings is 1. The molecular weight excluding hydrogens is 264 g/mol. The highest BCUT2D eigenvalue weighted by Crippen LogP contribution is 2.34. The molecular formula is C14H15ClN2O2. The second-order valence-corrected chi connectivity index (χ2v) is 5.52. The number of nitrogens with one attached hydrogen (secondary N) is 1. The van der Waals surface area contributed by atoms with Gasteiger partial charge in [-0.25, -0.2) is 0 Å². The Kier molecular flexibility index (Phi) is 2.90. The Balaban J connectivity index is 2.08. The van der Waals surface area contributed by atoms with E-state index in [1.54, 1.807) is 6.07 Å². The lowest BCUT2D eigenvalue weighted by molar-refractivity contribution is 0.430. The van der Waals surface area contributed by atoms with Crippen LogP contribution in [0.1, 0.15) is 12.8 Å². The SMILES string of the molecule is Cn1c(O)c2cc(Cl)c(NCC3CC3)cc2cc1=O. The monoisotopic (exact) mass is 278 g/mol. The largest absolute Gasteiger partial charge is 0.494 e. The first-order valence-corrected chi connectivity index (χ1v) is 6.70. The maximum absolute atomic E-state index is 11.7. The summed E-state index contributed by atoms with van der Waals surface area (Å²) in [7, 11) is 1.53. The number of pyridine rings is 1. The van der Waals surface area contributed by atoms with Gasteiger partial charge in [0.2, 0.25) is 5.88 Å². The van der Waals surface area contributed by atoms with Gasteiger partial charge >= 0.3 is 0 Å². The third-order valence-electron chi connectivity index (χ3n) is 3.59. The smallest absolute Gasteiger partial charge is 0.253 e. The summed E-state index contributed by atoms with van der Waals surface area (Å²) in [5.74, 6) is 0.682. The maximum Gasteiger partial charge on any atom is 0.253 e. The van der Waals surface area contributed by atoms with Crippen molar-refractivity contribution in [2.75, 3.05) is 11.9 Å². The Morgan fingerprint density at radius 1 is 1.42 bits per heavy atom. The van der Waals surface area contributed by atoms with Crippen LogP contribution in [0.15, 0.2) is 23.0 Å². The first kappa shape index (κ1) is 12.4. The van der Waals surface area contributed by atoms with Crippen molar-refractivity contribution < 1.29 is 5.11 Å². The van der Waals surface area contributed by atoms with E-state index in [2.05, 4.69) is 5.32 Å². The van der Waals surface area contributed by atoms with Gasteiger partial charge in [-0.15, -0.1) is 0 Å². The van der Waals surface area contributed by atoms with Gasteiger partial charge in [0, 0.05) is 25.0 Å². The van der Waals surface area contributed by atoms with E-state index in [0.717, 1.165) is 18.2 Å². The molecule has 4 nitrogen and oxygen atoms in total. The Morgan fingerprint density at radius 3 is 2.84 bits per heavy atom. The van der Waals surface area contributed by atoms with Crippen molar-refractivity contribution in [2.24, 2.45) is 13.0 Å². The highest BCUT2D eigenvalue weighted by Gasteiger charge is 2.21. The summed E-state index contributed by atoms with van der Waals surface area (Å²) in [6.07, 6.45) is 2.53. The number of rotatable bonds is 3. The zero-order valence-electron chi connectivity index (χ0n) is 10.6. The summed E-state index contributed by atoms with van der Waals surface area (Å²) < 4.78 is 1.20. The lowest BCUT2D eigenvalue weighted by Crippen LogP contribution is -2.15. The molecule has 2 N–H and O–H groups in total. The first-order chi connectivity index (χ1) is 9.06. The number of aromatic nitrogens is 1. The van der Waals surface area contributed by atoms with E-state index in [4.69, 9.17) is 11.6 Å². The molecule has 2 aromatic rings. The van der Waals surface area contributed by atoms with E-state index in [1.165, 1.54) is 30.5 Å². The van der Waals surface area contributed by atoms with Crippen LogP contribution in [-0.4, -0.2) is 16.2 Å². The minimum atomic E-state index is -0.236. The van der Waals surface area contributed by atoms with E-state index in [1.807, 2.05) is 6.07 Å². The average Bonchev–Trinajstić information content (AvgIpc) is 3.19. The van der Waals surface area contributed by atoms with Crippen molar-refractivity contribution in [2.45, 2.75) is 12.8 Å². The van der Waals surface area contributed by atoms with Gasteiger partial charge in [-0.05, 0) is 36.3 Å². The first-order valence-electron chi connectivity index (χ1n) is 6.32. The van der Waals surface area contributed by atoms with Crippen molar-refractivity contribution in [3.8, 4) is 5.88 Å². The second-order valence-electron chi connectivity index (χ2n) is 5.11. The van der Waals surface area contributed by atoms with Crippen LogP contribution < -0.4 is 10.9 Å². The number of hydrogen-bond donors (Lipinski definition) is 2. The van der Waals surface area contributed by atoms with Gasteiger partial charge in [0.25, 0.3) is 5.56 Å². The molecule has 1 aliphatic carbocycles. The van der Waals surface area contributed by atoms with Crippen molar-refractivity contribution in [1.82, 2.24) is 4.57 Å². The van der Waals surface area contributed by atoms with Crippen LogP contribution >= 0.6 is 11.6 Å². The summed E-state index contributed by atoms with van der Waals surface area (Å²) in [4.78, 5) is 11.7. The van der Waals surface area contributed by atoms with E-state index in [-0.39, 0.29) is 11.4 Å². The van der Waals surface area contributed by atoms with Crippen LogP contribution in [0.4, 0.5) is 5.69 Å². The minimum absolute atomic E-state index is 0.0573. The molecule has 1 aromatic carbocycles. The zero-order valence-corrected chi connectivity index (χ0v) is 11.4. The Hall–Kier alpha value is -1.68. The molecule has 1 heterocycles. The molecule has 0 bridgehead atoms. The summed E-state index contributed by atoms with van der Waals surface area (Å²) in [6.45, 7) is 0.905. The van der Waals surface area contributed by atoms with E-state index in [0.29, 0.717) is 15.8 Å². The molecule has 0 atom stereocenters. The quantitative estimate of drug-likeness (QED) is 0.908. The molecule has 0 radical (unpaired) electrons. The van der Waals surface area contributed by atoms with E-state index < -0.39 is 0 Å². The van der Waals surface area contributed by atoms with Crippen LogP contribution in [0.2, 0.25) is 5.02 Å². The zero-order chi connectivity index (χ0) is 13.6. The molecule has 1 aromatic heterocycles. The van der Waals surface area contributed by atoms with Crippen LogP contribution in [-0.2, 0) is 7.05 Å². The minimum Gasteiger partial charge on any atom is -0.494 e. The van der Waals surface area contributed by atoms with Gasteiger partial charge in [0.05, 0.1) is 10.7 Å². The molecule has 0 amide bonds. The highest BCUT2D eigenvalue weighted by molar-refractivity contribution is 6.34. The summed E-state index contributed by atoms with van der Waals surface area (Å²) in [5.41, 5.74) is 0.578. The van der Waals surface area contributed by atoms with Gasteiger partial charge in [-0.2, -0.15) is 0 Å². The van der Waals surface area contributed by atoms with Gasteiger partial charge < -0.3 is 10.4 Å². The number of fused-ring (bicyclic) bond motifs is 1. The third kappa shape index (κ3) is 2.28. The van der Waals surface area contributed by atoms with Crippen molar-refractivity contribution in [3.05, 3.63) is 33.6 Å². The number of nitrogens with zero attached hydrogens (tertiary/aromatic N) is 1. The summed E-state index contributed by atoms with van der Waals surface area (Å²) in [6, 6.07) is 5.02. The van der Waals surface area contributed by atoms with Gasteiger partial charge in [-0.3, -0.25) is 9.36 Å². The van der Waals surface area contributed by atoms with Crippen molar-refractivity contribution in [1.29, 1.82) is 0 Å². The highest BCUT2D eigenvalue weighted by atomic mass is 35.5. The summed E-state index contributed by atoms with van der Waals surface area (Å²) in [5, 5.41) is 15.1. The molecule has 100 valence electrons. The molecule has 0 saturated heterocycles. The molecule has 0 unspecified atom stereocenters. The van der Waals surface area contributed by atoms with E-state index >= 15 is 0 Å². The number of aromatic hydroxyl groups is 1. The van der Waals surface area contributed by atoms with Crippen molar-refractivity contribution in [3.63, 3.8) is 0 Å². The van der Waals surface area contributed by atoms with E-state index in [9.17, 15) is 9.90 Å². The lowest BCUT2D eigenvalue weighted by Gasteiger charge is -2.11. The van der Waals surface area contributed by atoms with Crippen molar-refractivity contribution >= 4 is 28.1 Å². The lowest BCUT2D eigenvalue weighted by atomic mass is 10.1. The molecule has 0 aliphatic heterocycles. The Bertz CT molecular complexity index is 705. The summed E-state index contributed by atoms with van der Waals surface area (Å²) >= 11 is 6.21. The molecule has 1 aliphatic rings. The standard InChI is InChI=1S/C14H15ClN2O2/c1-17-13(18)5-9-4-12(16-7-8-2-3-8)11(15)6-10(9)14(17)19/h4-6,8,16,19H,2-3,7H2,1H3. The fourth-order valence-electron chi connectivity index (χ4n) is 2.13. The van der Waals surface area contributed by atoms with Crippen LogP contribution in [0, 0.1) is 5.92 Å². The normalized spacial score (nSPS) is 14.8. The molecule has 5 heteroatoms. The van der Waals surface area contributed by atoms with Crippen LogP contribution in [0.5, 0.6) is 5.88 Å². The number of halogens is 1. The maximum atomic E-state index is 11.7. The third-order valence-corrected chi connectivity index (χ3v) is 3.90. The van der Waals surface area contributed by atoms with Gasteiger partial charge in [0.15, 0.2) is 0 Å². The fourth-order valence-corrected chi connectivity index (χ4v) is 2.36. The Labute approximate surface area is 115 Å². The molecule has 0 spiro atoms. The average molecular weight is 279 g/mol. The predicted octanol–water partition coefficient (Wildman–Crippen LogP) is 2.72. The molecule has 1 saturated carbocycles. The topological polar surface area (TPSA) is 54.3 Å². The molecule has 3 rings (SSSR count). The predicted molar refractivity (Wildman–Crippen MR) is 77.1 cm³/mol. The molecule has 19 heavy (non-hydrogen) atoms.